The molecule has 116 valence electrons. The molecule has 0 bridgehead atoms. The number of hydrogen-bond acceptors (Lipinski definition) is 4. The number of nitrogen functional groups attached to an aromatic ring is 1. The molecular weight excluding hydrogens is 334 g/mol. The molecule has 1 saturated heterocycles. The van der Waals surface area contributed by atoms with Gasteiger partial charge in [-0.1, -0.05) is 0 Å². The lowest BCUT2D eigenvalue weighted by Gasteiger charge is -2.36. The average Bonchev–Trinajstić information content (AvgIpc) is 2.40. The van der Waals surface area contributed by atoms with Crippen molar-refractivity contribution in [1.29, 1.82) is 0 Å². The molecule has 1 heterocycles. The number of hydrogen-bond donors (Lipinski definition) is 1. The zero-order valence-corrected chi connectivity index (χ0v) is 14.3. The molecule has 1 aromatic rings. The molecule has 1 aromatic carbocycles. The predicted molar refractivity (Wildman–Crippen MR) is 88.6 cm³/mol. The minimum atomic E-state index is -0.448. The predicted octanol–water partition coefficient (Wildman–Crippen LogP) is 3.09. The Labute approximate surface area is 134 Å². The highest BCUT2D eigenvalue weighted by Crippen LogP contribution is 2.26. The lowest BCUT2D eigenvalue weighted by atomic mass is 10.2. The van der Waals surface area contributed by atoms with Crippen LogP contribution in [0.4, 0.5) is 16.2 Å². The molecule has 1 aliphatic heterocycles. The van der Waals surface area contributed by atoms with Gasteiger partial charge in [-0.2, -0.15) is 0 Å². The molecule has 2 rings (SSSR count). The highest BCUT2D eigenvalue weighted by atomic mass is 79.9. The standard InChI is InChI=1S/C15H22BrN3O2/c1-15(2,3)21-14(20)19-8-6-18(7-9-19)11-4-5-13(17)12(16)10-11/h4-5,10H,6-9,17H2,1-3H3. The van der Waals surface area contributed by atoms with Crippen molar-refractivity contribution >= 4 is 33.4 Å². The molecule has 0 aliphatic carbocycles. The van der Waals surface area contributed by atoms with Crippen LogP contribution in [0.15, 0.2) is 22.7 Å². The van der Waals surface area contributed by atoms with E-state index >= 15 is 0 Å². The number of halogens is 1. The van der Waals surface area contributed by atoms with Crippen molar-refractivity contribution < 1.29 is 9.53 Å². The number of carbonyl (C=O) groups excluding carboxylic acids is 1. The zero-order chi connectivity index (χ0) is 15.6. The smallest absolute Gasteiger partial charge is 0.410 e. The number of piperazine rings is 1. The van der Waals surface area contributed by atoms with Crippen molar-refractivity contribution in [2.45, 2.75) is 26.4 Å². The second-order valence-corrected chi connectivity index (χ2v) is 7.01. The fourth-order valence-electron chi connectivity index (χ4n) is 2.19. The molecule has 0 radical (unpaired) electrons. The fourth-order valence-corrected chi connectivity index (χ4v) is 2.55. The number of anilines is 2. The van der Waals surface area contributed by atoms with Crippen molar-refractivity contribution in [3.8, 4) is 0 Å². The van der Waals surface area contributed by atoms with Gasteiger partial charge in [-0.15, -0.1) is 0 Å². The quantitative estimate of drug-likeness (QED) is 0.786. The largest absolute Gasteiger partial charge is 0.444 e. The molecule has 0 saturated carbocycles. The molecule has 1 fully saturated rings. The first-order chi connectivity index (χ1) is 9.76. The van der Waals surface area contributed by atoms with Gasteiger partial charge in [-0.05, 0) is 54.9 Å². The number of nitrogens with zero attached hydrogens (tertiary/aromatic N) is 2. The molecule has 0 atom stereocenters. The second-order valence-electron chi connectivity index (χ2n) is 6.16. The van der Waals surface area contributed by atoms with Crippen molar-refractivity contribution in [1.82, 2.24) is 4.90 Å². The van der Waals surface area contributed by atoms with Crippen LogP contribution >= 0.6 is 15.9 Å². The molecule has 0 spiro atoms. The Kier molecular flexibility index (Phi) is 4.66. The van der Waals surface area contributed by atoms with Gasteiger partial charge in [0.25, 0.3) is 0 Å². The topological polar surface area (TPSA) is 58.8 Å². The van der Waals surface area contributed by atoms with Gasteiger partial charge in [-0.25, -0.2) is 4.79 Å². The van der Waals surface area contributed by atoms with Gasteiger partial charge >= 0.3 is 6.09 Å². The number of carbonyl (C=O) groups is 1. The molecule has 21 heavy (non-hydrogen) atoms. The van der Waals surface area contributed by atoms with Gasteiger partial charge in [0.15, 0.2) is 0 Å². The van der Waals surface area contributed by atoms with Crippen LogP contribution in [0.2, 0.25) is 0 Å². The third-order valence-corrected chi connectivity index (χ3v) is 3.97. The van der Waals surface area contributed by atoms with Crippen molar-refractivity contribution in [2.24, 2.45) is 0 Å². The number of ether oxygens (including phenoxy) is 1. The highest BCUT2D eigenvalue weighted by Gasteiger charge is 2.25. The lowest BCUT2D eigenvalue weighted by Crippen LogP contribution is -2.50. The van der Waals surface area contributed by atoms with Crippen LogP contribution in [0.5, 0.6) is 0 Å². The van der Waals surface area contributed by atoms with E-state index in [0.717, 1.165) is 28.9 Å². The van der Waals surface area contributed by atoms with Gasteiger partial charge in [0.05, 0.1) is 0 Å². The van der Waals surface area contributed by atoms with Gasteiger partial charge < -0.3 is 20.3 Å². The summed E-state index contributed by atoms with van der Waals surface area (Å²) in [7, 11) is 0. The van der Waals surface area contributed by atoms with Crippen LogP contribution in [-0.2, 0) is 4.74 Å². The van der Waals surface area contributed by atoms with E-state index in [4.69, 9.17) is 10.5 Å². The Bertz CT molecular complexity index is 520. The Morgan fingerprint density at radius 1 is 1.24 bits per heavy atom. The summed E-state index contributed by atoms with van der Waals surface area (Å²) in [6.45, 7) is 8.55. The number of nitrogens with two attached hydrogens (primary N) is 1. The van der Waals surface area contributed by atoms with Gasteiger partial charge in [0, 0.05) is 42.0 Å². The van der Waals surface area contributed by atoms with Crippen LogP contribution < -0.4 is 10.6 Å². The van der Waals surface area contributed by atoms with E-state index in [9.17, 15) is 4.79 Å². The minimum absolute atomic E-state index is 0.236. The molecule has 5 nitrogen and oxygen atoms in total. The first-order valence-corrected chi connectivity index (χ1v) is 7.83. The molecule has 6 heteroatoms. The molecular formula is C15H22BrN3O2. The Morgan fingerprint density at radius 3 is 2.38 bits per heavy atom. The molecule has 0 unspecified atom stereocenters. The molecule has 0 aromatic heterocycles. The summed E-state index contributed by atoms with van der Waals surface area (Å²) in [6.07, 6.45) is -0.236. The van der Waals surface area contributed by atoms with Crippen LogP contribution in [0.3, 0.4) is 0 Å². The minimum Gasteiger partial charge on any atom is -0.444 e. The Morgan fingerprint density at radius 2 is 1.86 bits per heavy atom. The molecule has 1 aliphatic rings. The lowest BCUT2D eigenvalue weighted by molar-refractivity contribution is 0.0240. The summed E-state index contributed by atoms with van der Waals surface area (Å²) in [4.78, 5) is 16.0. The summed E-state index contributed by atoms with van der Waals surface area (Å²) in [5, 5.41) is 0. The first kappa shape index (κ1) is 15.9. The van der Waals surface area contributed by atoms with Gasteiger partial charge in [0.2, 0.25) is 0 Å². The highest BCUT2D eigenvalue weighted by molar-refractivity contribution is 9.10. The molecule has 2 N–H and O–H groups in total. The summed E-state index contributed by atoms with van der Waals surface area (Å²) in [6, 6.07) is 5.90. The molecule has 1 amide bonds. The number of amides is 1. The van der Waals surface area contributed by atoms with Crippen molar-refractivity contribution in [3.05, 3.63) is 22.7 Å². The average molecular weight is 356 g/mol. The normalized spacial score (nSPS) is 16.0. The van der Waals surface area contributed by atoms with Crippen molar-refractivity contribution in [2.75, 3.05) is 36.8 Å². The fraction of sp³-hybridized carbons (Fsp3) is 0.533. The summed E-state index contributed by atoms with van der Waals surface area (Å²) >= 11 is 3.44. The third kappa shape index (κ3) is 4.27. The Balaban J connectivity index is 1.94. The van der Waals surface area contributed by atoms with E-state index < -0.39 is 5.60 Å². The van der Waals surface area contributed by atoms with Crippen LogP contribution in [0.1, 0.15) is 20.8 Å². The summed E-state index contributed by atoms with van der Waals surface area (Å²) in [5.74, 6) is 0. The maximum Gasteiger partial charge on any atom is 0.410 e. The zero-order valence-electron chi connectivity index (χ0n) is 12.7. The van der Waals surface area contributed by atoms with E-state index in [-0.39, 0.29) is 6.09 Å². The van der Waals surface area contributed by atoms with Crippen LogP contribution in [0.25, 0.3) is 0 Å². The van der Waals surface area contributed by atoms with Gasteiger partial charge in [-0.3, -0.25) is 0 Å². The van der Waals surface area contributed by atoms with E-state index in [1.807, 2.05) is 39.0 Å². The summed E-state index contributed by atoms with van der Waals surface area (Å²) < 4.78 is 6.30. The van der Waals surface area contributed by atoms with Gasteiger partial charge in [0.1, 0.15) is 5.60 Å². The third-order valence-electron chi connectivity index (χ3n) is 3.28. The van der Waals surface area contributed by atoms with Crippen LogP contribution in [0, 0.1) is 0 Å². The number of benzene rings is 1. The second kappa shape index (κ2) is 6.13. The van der Waals surface area contributed by atoms with E-state index in [0.29, 0.717) is 13.1 Å². The van der Waals surface area contributed by atoms with Crippen molar-refractivity contribution in [3.63, 3.8) is 0 Å². The SMILES string of the molecule is CC(C)(C)OC(=O)N1CCN(c2ccc(N)c(Br)c2)CC1. The van der Waals surface area contributed by atoms with E-state index in [1.165, 1.54) is 0 Å². The monoisotopic (exact) mass is 355 g/mol. The van der Waals surface area contributed by atoms with E-state index in [2.05, 4.69) is 20.8 Å². The Hall–Kier alpha value is -1.43. The summed E-state index contributed by atoms with van der Waals surface area (Å²) in [5.41, 5.74) is 7.19. The van der Waals surface area contributed by atoms with E-state index in [1.54, 1.807) is 4.90 Å². The maximum absolute atomic E-state index is 12.0. The first-order valence-electron chi connectivity index (χ1n) is 7.04. The number of rotatable bonds is 1. The van der Waals surface area contributed by atoms with Crippen LogP contribution in [-0.4, -0.2) is 42.8 Å². The maximum atomic E-state index is 12.0.